The van der Waals surface area contributed by atoms with Crippen molar-refractivity contribution in [3.05, 3.63) is 0 Å². The molecule has 0 spiro atoms. The highest BCUT2D eigenvalue weighted by Gasteiger charge is 2.21. The lowest BCUT2D eigenvalue weighted by Crippen LogP contribution is -2.52. The average molecular weight is 241 g/mol. The maximum Gasteiger partial charge on any atom is 0.0826 e. The van der Waals surface area contributed by atoms with E-state index < -0.39 is 0 Å². The van der Waals surface area contributed by atoms with Gasteiger partial charge in [-0.15, -0.1) is 0 Å². The Labute approximate surface area is 105 Å². The Bertz CT molecular complexity index is 209. The molecule has 2 heterocycles. The van der Waals surface area contributed by atoms with Crippen molar-refractivity contribution in [3.8, 4) is 0 Å². The van der Waals surface area contributed by atoms with Crippen LogP contribution in [0.5, 0.6) is 0 Å². The standard InChI is InChI=1S/C13H27N3O/c1-12(2)10-15-4-6-16(7-5-15)11-13-9-14-3-8-17-13/h12-14H,3-11H2,1-2H3. The van der Waals surface area contributed by atoms with Gasteiger partial charge in [-0.05, 0) is 5.92 Å². The van der Waals surface area contributed by atoms with Gasteiger partial charge in [0, 0.05) is 52.4 Å². The van der Waals surface area contributed by atoms with E-state index >= 15 is 0 Å². The zero-order chi connectivity index (χ0) is 12.1. The van der Waals surface area contributed by atoms with E-state index in [1.165, 1.54) is 32.7 Å². The normalized spacial score (nSPS) is 28.8. The summed E-state index contributed by atoms with van der Waals surface area (Å²) in [7, 11) is 0. The molecule has 1 N–H and O–H groups in total. The number of rotatable bonds is 4. The third-order valence-corrected chi connectivity index (χ3v) is 3.55. The van der Waals surface area contributed by atoms with Crippen LogP contribution in [0.15, 0.2) is 0 Å². The molecule has 0 saturated carbocycles. The quantitative estimate of drug-likeness (QED) is 0.763. The number of hydrogen-bond acceptors (Lipinski definition) is 4. The number of hydrogen-bond donors (Lipinski definition) is 1. The maximum atomic E-state index is 5.75. The van der Waals surface area contributed by atoms with Gasteiger partial charge < -0.3 is 15.0 Å². The summed E-state index contributed by atoms with van der Waals surface area (Å²) < 4.78 is 5.75. The van der Waals surface area contributed by atoms with Gasteiger partial charge in [-0.3, -0.25) is 4.90 Å². The first kappa shape index (κ1) is 13.3. The minimum Gasteiger partial charge on any atom is -0.374 e. The van der Waals surface area contributed by atoms with E-state index in [0.717, 1.165) is 32.2 Å². The lowest BCUT2D eigenvalue weighted by molar-refractivity contribution is -0.00465. The molecule has 2 rings (SSSR count). The van der Waals surface area contributed by atoms with Crippen LogP contribution in [-0.2, 0) is 4.74 Å². The van der Waals surface area contributed by atoms with Crippen LogP contribution in [0.3, 0.4) is 0 Å². The summed E-state index contributed by atoms with van der Waals surface area (Å²) in [5, 5.41) is 3.40. The summed E-state index contributed by atoms with van der Waals surface area (Å²) in [5.74, 6) is 0.785. The van der Waals surface area contributed by atoms with E-state index in [-0.39, 0.29) is 0 Å². The summed E-state index contributed by atoms with van der Waals surface area (Å²) in [4.78, 5) is 5.13. The van der Waals surface area contributed by atoms with Crippen LogP contribution >= 0.6 is 0 Å². The number of morpholine rings is 1. The Hall–Kier alpha value is -0.160. The van der Waals surface area contributed by atoms with Crippen LogP contribution < -0.4 is 5.32 Å². The summed E-state index contributed by atoms with van der Waals surface area (Å²) in [6, 6.07) is 0. The van der Waals surface area contributed by atoms with Crippen molar-refractivity contribution in [3.63, 3.8) is 0 Å². The van der Waals surface area contributed by atoms with Crippen LogP contribution in [0.2, 0.25) is 0 Å². The van der Waals surface area contributed by atoms with Crippen molar-refractivity contribution in [2.45, 2.75) is 20.0 Å². The van der Waals surface area contributed by atoms with Crippen LogP contribution in [0, 0.1) is 5.92 Å². The molecule has 2 aliphatic rings. The molecule has 2 fully saturated rings. The second-order valence-electron chi connectivity index (χ2n) is 5.69. The van der Waals surface area contributed by atoms with E-state index in [1.807, 2.05) is 0 Å². The highest BCUT2D eigenvalue weighted by atomic mass is 16.5. The first-order chi connectivity index (χ1) is 8.24. The van der Waals surface area contributed by atoms with Crippen LogP contribution in [0.4, 0.5) is 0 Å². The number of nitrogens with one attached hydrogen (secondary N) is 1. The molecule has 0 bridgehead atoms. The molecule has 4 nitrogen and oxygen atoms in total. The van der Waals surface area contributed by atoms with Gasteiger partial charge in [0.15, 0.2) is 0 Å². The van der Waals surface area contributed by atoms with Gasteiger partial charge >= 0.3 is 0 Å². The number of nitrogens with zero attached hydrogens (tertiary/aromatic N) is 2. The molecule has 100 valence electrons. The molecule has 0 aliphatic carbocycles. The molecular weight excluding hydrogens is 214 g/mol. The van der Waals surface area contributed by atoms with Crippen LogP contribution in [-0.4, -0.2) is 74.9 Å². The Morgan fingerprint density at radius 3 is 2.47 bits per heavy atom. The fourth-order valence-corrected chi connectivity index (χ4v) is 2.70. The maximum absolute atomic E-state index is 5.75. The minimum atomic E-state index is 0.403. The molecule has 0 amide bonds. The number of piperazine rings is 1. The molecule has 0 radical (unpaired) electrons. The largest absolute Gasteiger partial charge is 0.374 e. The second-order valence-corrected chi connectivity index (χ2v) is 5.69. The van der Waals surface area contributed by atoms with E-state index in [9.17, 15) is 0 Å². The highest BCUT2D eigenvalue weighted by molar-refractivity contribution is 4.77. The van der Waals surface area contributed by atoms with Gasteiger partial charge in [0.25, 0.3) is 0 Å². The van der Waals surface area contributed by atoms with Crippen molar-refractivity contribution in [2.24, 2.45) is 5.92 Å². The van der Waals surface area contributed by atoms with Crippen molar-refractivity contribution < 1.29 is 4.74 Å². The van der Waals surface area contributed by atoms with E-state index in [1.54, 1.807) is 0 Å². The SMILES string of the molecule is CC(C)CN1CCN(CC2CNCCO2)CC1. The Morgan fingerprint density at radius 1 is 1.18 bits per heavy atom. The predicted octanol–water partition coefficient (Wildman–Crippen LogP) is 0.248. The molecule has 4 heteroatoms. The molecule has 0 aromatic carbocycles. The molecule has 0 aromatic heterocycles. The molecule has 2 saturated heterocycles. The predicted molar refractivity (Wildman–Crippen MR) is 70.3 cm³/mol. The Morgan fingerprint density at radius 2 is 1.88 bits per heavy atom. The van der Waals surface area contributed by atoms with Crippen LogP contribution in [0.25, 0.3) is 0 Å². The van der Waals surface area contributed by atoms with Gasteiger partial charge in [0.05, 0.1) is 12.7 Å². The summed E-state index contributed by atoms with van der Waals surface area (Å²) in [6.07, 6.45) is 0.403. The zero-order valence-electron chi connectivity index (χ0n) is 11.3. The Balaban J connectivity index is 1.64. The van der Waals surface area contributed by atoms with Gasteiger partial charge in [-0.2, -0.15) is 0 Å². The van der Waals surface area contributed by atoms with Gasteiger partial charge in [-0.1, -0.05) is 13.8 Å². The lowest BCUT2D eigenvalue weighted by atomic mass is 10.2. The lowest BCUT2D eigenvalue weighted by Gasteiger charge is -2.37. The van der Waals surface area contributed by atoms with E-state index in [4.69, 9.17) is 4.74 Å². The summed E-state index contributed by atoms with van der Waals surface area (Å²) in [5.41, 5.74) is 0. The van der Waals surface area contributed by atoms with E-state index in [2.05, 4.69) is 29.0 Å². The molecule has 1 unspecified atom stereocenters. The minimum absolute atomic E-state index is 0.403. The van der Waals surface area contributed by atoms with Crippen molar-refractivity contribution in [1.82, 2.24) is 15.1 Å². The third kappa shape index (κ3) is 4.54. The fourth-order valence-electron chi connectivity index (χ4n) is 2.70. The zero-order valence-corrected chi connectivity index (χ0v) is 11.3. The Kier molecular flexibility index (Phi) is 5.22. The monoisotopic (exact) mass is 241 g/mol. The third-order valence-electron chi connectivity index (χ3n) is 3.55. The van der Waals surface area contributed by atoms with Crippen molar-refractivity contribution in [1.29, 1.82) is 0 Å². The average Bonchev–Trinajstić information content (AvgIpc) is 2.32. The first-order valence-corrected chi connectivity index (χ1v) is 7.01. The van der Waals surface area contributed by atoms with Gasteiger partial charge in [0.2, 0.25) is 0 Å². The van der Waals surface area contributed by atoms with Crippen molar-refractivity contribution in [2.75, 3.05) is 59.0 Å². The second kappa shape index (κ2) is 6.69. The smallest absolute Gasteiger partial charge is 0.0826 e. The molecular formula is C13H27N3O. The fraction of sp³-hybridized carbons (Fsp3) is 1.00. The molecule has 1 atom stereocenters. The summed E-state index contributed by atoms with van der Waals surface area (Å²) >= 11 is 0. The molecule has 2 aliphatic heterocycles. The topological polar surface area (TPSA) is 27.7 Å². The summed E-state index contributed by atoms with van der Waals surface area (Å²) in [6.45, 7) is 14.7. The number of ether oxygens (including phenoxy) is 1. The van der Waals surface area contributed by atoms with Gasteiger partial charge in [0.1, 0.15) is 0 Å². The molecule has 17 heavy (non-hydrogen) atoms. The first-order valence-electron chi connectivity index (χ1n) is 7.01. The van der Waals surface area contributed by atoms with E-state index in [0.29, 0.717) is 6.10 Å². The van der Waals surface area contributed by atoms with Crippen molar-refractivity contribution >= 4 is 0 Å². The van der Waals surface area contributed by atoms with Crippen LogP contribution in [0.1, 0.15) is 13.8 Å². The highest BCUT2D eigenvalue weighted by Crippen LogP contribution is 2.07. The molecule has 0 aromatic rings. The van der Waals surface area contributed by atoms with Gasteiger partial charge in [-0.25, -0.2) is 0 Å².